The van der Waals surface area contributed by atoms with Gasteiger partial charge < -0.3 is 5.32 Å². The quantitative estimate of drug-likeness (QED) is 0.742. The Bertz CT molecular complexity index is 969. The molecule has 0 saturated heterocycles. The third-order valence-corrected chi connectivity index (χ3v) is 5.15. The molecule has 0 bridgehead atoms. The molecule has 0 unspecified atom stereocenters. The summed E-state index contributed by atoms with van der Waals surface area (Å²) < 4.78 is 0. The van der Waals surface area contributed by atoms with Crippen LogP contribution in [-0.4, -0.2) is 28.9 Å². The van der Waals surface area contributed by atoms with Crippen LogP contribution in [0.5, 0.6) is 0 Å². The second-order valence-electron chi connectivity index (χ2n) is 6.51. The Morgan fingerprint density at radius 2 is 1.96 bits per heavy atom. The van der Waals surface area contributed by atoms with Gasteiger partial charge in [-0.1, -0.05) is 36.7 Å². The van der Waals surface area contributed by atoms with Crippen molar-refractivity contribution >= 4 is 34.1 Å². The van der Waals surface area contributed by atoms with E-state index in [-0.39, 0.29) is 5.91 Å². The molecule has 0 saturated carbocycles. The van der Waals surface area contributed by atoms with Gasteiger partial charge in [0.2, 0.25) is 0 Å². The number of hydrogen-bond acceptors (Lipinski definition) is 3. The number of hydrogen-bond donors (Lipinski definition) is 1. The predicted molar refractivity (Wildman–Crippen MR) is 106 cm³/mol. The van der Waals surface area contributed by atoms with E-state index in [4.69, 9.17) is 16.6 Å². The summed E-state index contributed by atoms with van der Waals surface area (Å²) in [7, 11) is 0. The third kappa shape index (κ3) is 3.18. The predicted octanol–water partition coefficient (Wildman–Crippen LogP) is 4.52. The normalized spacial score (nSPS) is 14.2. The van der Waals surface area contributed by atoms with Crippen LogP contribution in [0.1, 0.15) is 28.5 Å². The summed E-state index contributed by atoms with van der Waals surface area (Å²) in [5.41, 5.74) is 4.42. The van der Waals surface area contributed by atoms with Crippen LogP contribution in [0.2, 0.25) is 5.02 Å². The van der Waals surface area contributed by atoms with Crippen LogP contribution in [0, 0.1) is 0 Å². The van der Waals surface area contributed by atoms with E-state index in [0.29, 0.717) is 5.02 Å². The molecule has 0 aliphatic carbocycles. The molecule has 1 N–H and O–H groups in total. The molecule has 1 amide bonds. The van der Waals surface area contributed by atoms with Gasteiger partial charge in [0.15, 0.2) is 0 Å². The molecule has 5 heteroatoms. The number of likely N-dealkylation sites (N-methyl/N-ethyl adjacent to an activating group) is 1. The minimum atomic E-state index is -0.0971. The summed E-state index contributed by atoms with van der Waals surface area (Å²) >= 11 is 5.94. The van der Waals surface area contributed by atoms with Crippen LogP contribution in [0.25, 0.3) is 10.9 Å². The number of fused-ring (bicyclic) bond motifs is 2. The lowest BCUT2D eigenvalue weighted by Gasteiger charge is -2.29. The number of nitrogens with one attached hydrogen (secondary N) is 1. The number of amides is 1. The molecule has 1 aliphatic heterocycles. The molecule has 2 aromatic carbocycles. The Labute approximate surface area is 157 Å². The van der Waals surface area contributed by atoms with Gasteiger partial charge in [0.05, 0.1) is 11.1 Å². The van der Waals surface area contributed by atoms with E-state index >= 15 is 0 Å². The highest BCUT2D eigenvalue weighted by Crippen LogP contribution is 2.29. The van der Waals surface area contributed by atoms with Crippen LogP contribution in [0.4, 0.5) is 5.69 Å². The molecular formula is C21H20ClN3O. The van der Waals surface area contributed by atoms with Gasteiger partial charge in [-0.25, -0.2) is 0 Å². The van der Waals surface area contributed by atoms with Gasteiger partial charge in [-0.15, -0.1) is 0 Å². The summed E-state index contributed by atoms with van der Waals surface area (Å²) in [5.74, 6) is -0.0971. The van der Waals surface area contributed by atoms with E-state index in [9.17, 15) is 4.79 Å². The van der Waals surface area contributed by atoms with Crippen molar-refractivity contribution in [2.24, 2.45) is 0 Å². The Morgan fingerprint density at radius 1 is 1.19 bits per heavy atom. The van der Waals surface area contributed by atoms with E-state index < -0.39 is 0 Å². The van der Waals surface area contributed by atoms with Crippen molar-refractivity contribution in [1.29, 1.82) is 0 Å². The monoisotopic (exact) mass is 365 g/mol. The summed E-state index contributed by atoms with van der Waals surface area (Å²) in [6.07, 6.45) is 0.870. The van der Waals surface area contributed by atoms with Gasteiger partial charge in [-0.05, 0) is 36.9 Å². The highest BCUT2D eigenvalue weighted by molar-refractivity contribution is 6.30. The topological polar surface area (TPSA) is 45.2 Å². The number of carbonyl (C=O) groups is 1. The Balaban J connectivity index is 1.81. The van der Waals surface area contributed by atoms with Gasteiger partial charge >= 0.3 is 0 Å². The number of anilines is 1. The molecule has 4 rings (SSSR count). The van der Waals surface area contributed by atoms with Gasteiger partial charge in [-0.3, -0.25) is 14.7 Å². The molecule has 0 radical (unpaired) electrons. The van der Waals surface area contributed by atoms with Crippen LogP contribution in [0.15, 0.2) is 48.5 Å². The second kappa shape index (κ2) is 7.06. The molecule has 26 heavy (non-hydrogen) atoms. The van der Waals surface area contributed by atoms with Crippen LogP contribution in [-0.2, 0) is 13.0 Å². The van der Waals surface area contributed by atoms with Crippen molar-refractivity contribution in [2.75, 3.05) is 18.4 Å². The Hall–Kier alpha value is -2.43. The van der Waals surface area contributed by atoms with E-state index in [0.717, 1.165) is 59.5 Å². The molecule has 0 spiro atoms. The number of nitrogens with zero attached hydrogens (tertiary/aromatic N) is 2. The van der Waals surface area contributed by atoms with Crippen molar-refractivity contribution in [2.45, 2.75) is 19.9 Å². The minimum Gasteiger partial charge on any atom is -0.322 e. The zero-order valence-corrected chi connectivity index (χ0v) is 15.4. The summed E-state index contributed by atoms with van der Waals surface area (Å²) in [4.78, 5) is 20.4. The average Bonchev–Trinajstić information content (AvgIpc) is 2.67. The lowest BCUT2D eigenvalue weighted by atomic mass is 9.95. The Kier molecular flexibility index (Phi) is 4.62. The van der Waals surface area contributed by atoms with E-state index in [1.807, 2.05) is 36.4 Å². The van der Waals surface area contributed by atoms with Crippen molar-refractivity contribution in [1.82, 2.24) is 9.88 Å². The van der Waals surface area contributed by atoms with Crippen LogP contribution in [0.3, 0.4) is 0 Å². The Morgan fingerprint density at radius 3 is 2.73 bits per heavy atom. The van der Waals surface area contributed by atoms with E-state index in [1.54, 1.807) is 12.1 Å². The highest BCUT2D eigenvalue weighted by Gasteiger charge is 2.25. The number of halogens is 1. The highest BCUT2D eigenvalue weighted by atomic mass is 35.5. The first-order chi connectivity index (χ1) is 12.7. The first-order valence-electron chi connectivity index (χ1n) is 8.85. The molecule has 4 nitrogen and oxygen atoms in total. The number of benzene rings is 2. The zero-order valence-electron chi connectivity index (χ0n) is 14.6. The van der Waals surface area contributed by atoms with Gasteiger partial charge in [0, 0.05) is 46.9 Å². The number of carbonyl (C=O) groups excluding carboxylic acids is 1. The van der Waals surface area contributed by atoms with Crippen molar-refractivity contribution in [3.63, 3.8) is 0 Å². The smallest absolute Gasteiger partial charge is 0.256 e. The summed E-state index contributed by atoms with van der Waals surface area (Å²) in [6, 6.07) is 15.0. The minimum absolute atomic E-state index is 0.0971. The maximum absolute atomic E-state index is 13.2. The SMILES string of the molecule is CCN1CCc2nc3ccccc3c(C(=O)Nc3ccc(Cl)cc3)c2C1. The molecule has 132 valence electrons. The first kappa shape index (κ1) is 17.0. The molecule has 0 fully saturated rings. The lowest BCUT2D eigenvalue weighted by molar-refractivity contribution is 0.102. The fourth-order valence-corrected chi connectivity index (χ4v) is 3.63. The molecule has 2 heterocycles. The zero-order chi connectivity index (χ0) is 18.1. The number of aromatic nitrogens is 1. The number of rotatable bonds is 3. The number of para-hydroxylation sites is 1. The largest absolute Gasteiger partial charge is 0.322 e. The third-order valence-electron chi connectivity index (χ3n) is 4.90. The van der Waals surface area contributed by atoms with Gasteiger partial charge in [-0.2, -0.15) is 0 Å². The summed E-state index contributed by atoms with van der Waals surface area (Å²) in [5, 5.41) is 4.56. The molecular weight excluding hydrogens is 346 g/mol. The van der Waals surface area contributed by atoms with Gasteiger partial charge in [0.25, 0.3) is 5.91 Å². The fraction of sp³-hybridized carbons (Fsp3) is 0.238. The molecule has 3 aromatic rings. The standard InChI is InChI=1S/C21H20ClN3O/c1-2-25-12-11-19-17(13-25)20(16-5-3-4-6-18(16)24-19)21(26)23-15-9-7-14(22)8-10-15/h3-10H,2,11-13H2,1H3,(H,23,26). The molecule has 1 aliphatic rings. The molecule has 0 atom stereocenters. The van der Waals surface area contributed by atoms with Crippen LogP contribution >= 0.6 is 11.6 Å². The molecule has 1 aromatic heterocycles. The van der Waals surface area contributed by atoms with E-state index in [1.165, 1.54) is 0 Å². The summed E-state index contributed by atoms with van der Waals surface area (Å²) in [6.45, 7) is 4.84. The van der Waals surface area contributed by atoms with E-state index in [2.05, 4.69) is 17.1 Å². The lowest BCUT2D eigenvalue weighted by Crippen LogP contribution is -2.33. The average molecular weight is 366 g/mol. The number of pyridine rings is 1. The van der Waals surface area contributed by atoms with Gasteiger partial charge in [0.1, 0.15) is 0 Å². The van der Waals surface area contributed by atoms with Crippen molar-refractivity contribution in [3.8, 4) is 0 Å². The maximum atomic E-state index is 13.2. The fourth-order valence-electron chi connectivity index (χ4n) is 3.50. The van der Waals surface area contributed by atoms with Crippen molar-refractivity contribution < 1.29 is 4.79 Å². The van der Waals surface area contributed by atoms with Crippen LogP contribution < -0.4 is 5.32 Å². The second-order valence-corrected chi connectivity index (χ2v) is 6.95. The maximum Gasteiger partial charge on any atom is 0.256 e. The first-order valence-corrected chi connectivity index (χ1v) is 9.23. The van der Waals surface area contributed by atoms with Crippen molar-refractivity contribution in [3.05, 3.63) is 70.4 Å².